The van der Waals surface area contributed by atoms with Gasteiger partial charge >= 0.3 is 5.97 Å². The Hall–Kier alpha value is -3.37. The molecule has 1 saturated carbocycles. The maximum Gasteiger partial charge on any atom is 0.346 e. The summed E-state index contributed by atoms with van der Waals surface area (Å²) in [5.74, 6) is -3.97. The molecule has 79 heavy (non-hydrogen) atoms. The number of fused-ring (bicyclic) bond motifs is 4. The average molecular weight is 1110 g/mol. The quantitative estimate of drug-likeness (QED) is 0.0755. The molecule has 1 amide bonds. The van der Waals surface area contributed by atoms with Gasteiger partial charge in [-0.25, -0.2) is 4.79 Å². The monoisotopic (exact) mass is 1110 g/mol. The molecule has 0 aromatic carbocycles. The van der Waals surface area contributed by atoms with Gasteiger partial charge in [0.05, 0.1) is 66.6 Å². The molecule has 4 aliphatic carbocycles. The van der Waals surface area contributed by atoms with Gasteiger partial charge in [-0.3, -0.25) is 9.59 Å². The van der Waals surface area contributed by atoms with Crippen LogP contribution < -0.4 is 5.32 Å². The summed E-state index contributed by atoms with van der Waals surface area (Å²) in [6, 6.07) is -0.666. The van der Waals surface area contributed by atoms with Crippen molar-refractivity contribution in [2.45, 2.75) is 251 Å². The molecule has 442 valence electrons. The first-order chi connectivity index (χ1) is 37.2. The van der Waals surface area contributed by atoms with Crippen LogP contribution in [0.15, 0.2) is 58.9 Å². The van der Waals surface area contributed by atoms with Crippen molar-refractivity contribution in [2.75, 3.05) is 0 Å². The SMILES string of the molecule is CC[C@@H]1C=C[C@H]2/C=C(/C)[C@H](O[C@@H]3C[C@@](C)(O)[C@H](NC(C)=O)[C@H](C)O3)[C@H](C)/C=C(/C)[C@@H]3C=C[C@@H]4[C@@H](O[C@H]5CC[C@@H](O[C@@H]6C[C@@H](O)[C@H](O[C@@H]7C[C@H](O)[C@H](O)[C@H](C)O7)[C@H](C)O6)[C@H](C)O5)[C@@H](C)C[C@H](C)[C@@H]4[C@@]3(C)/C(O)=C3/C(=O)O[C@@]2(C1)C3=O. The minimum atomic E-state index is -1.62. The first kappa shape index (κ1) is 60.2. The third-order valence-corrected chi connectivity index (χ3v) is 19.6. The number of aliphatic hydroxyl groups is 5. The molecule has 18 nitrogen and oxygen atoms in total. The number of hydrogen-bond donors (Lipinski definition) is 6. The van der Waals surface area contributed by atoms with Crippen molar-refractivity contribution in [3.05, 3.63) is 58.9 Å². The van der Waals surface area contributed by atoms with Crippen LogP contribution in [0.1, 0.15) is 141 Å². The summed E-state index contributed by atoms with van der Waals surface area (Å²) in [5.41, 5.74) is -2.79. The van der Waals surface area contributed by atoms with Crippen molar-refractivity contribution >= 4 is 17.7 Å². The lowest BCUT2D eigenvalue weighted by molar-refractivity contribution is -0.328. The molecule has 2 bridgehead atoms. The van der Waals surface area contributed by atoms with Crippen LogP contribution in [0.4, 0.5) is 0 Å². The summed E-state index contributed by atoms with van der Waals surface area (Å²) >= 11 is 0. The second-order valence-electron chi connectivity index (χ2n) is 25.7. The molecule has 0 aromatic heterocycles. The van der Waals surface area contributed by atoms with Crippen molar-refractivity contribution < 1.29 is 82.5 Å². The van der Waals surface area contributed by atoms with E-state index in [1.807, 2.05) is 46.8 Å². The predicted octanol–water partition coefficient (Wildman–Crippen LogP) is 6.72. The number of ether oxygens (including phenoxy) is 9. The van der Waals surface area contributed by atoms with E-state index in [1.165, 1.54) is 6.92 Å². The van der Waals surface area contributed by atoms with Gasteiger partial charge in [-0.05, 0) is 97.0 Å². The lowest BCUT2D eigenvalue weighted by Gasteiger charge is -2.56. The number of allylic oxidation sites excluding steroid dienone is 4. The third kappa shape index (κ3) is 11.5. The first-order valence-corrected chi connectivity index (χ1v) is 29.4. The van der Waals surface area contributed by atoms with Gasteiger partial charge in [0.1, 0.15) is 23.5 Å². The fourth-order valence-electron chi connectivity index (χ4n) is 15.6. The topological polar surface area (TPSA) is 247 Å². The Morgan fingerprint density at radius 1 is 0.722 bits per heavy atom. The summed E-state index contributed by atoms with van der Waals surface area (Å²) in [6.45, 7) is 24.7. The zero-order valence-electron chi connectivity index (χ0n) is 48.6. The van der Waals surface area contributed by atoms with Crippen LogP contribution in [-0.4, -0.2) is 153 Å². The normalized spacial score (nSPS) is 51.7. The van der Waals surface area contributed by atoms with E-state index in [2.05, 4.69) is 50.4 Å². The number of carbonyl (C=O) groups excluding carboxylic acids is 3. The average Bonchev–Trinajstić information content (AvgIpc) is 3.63. The molecule has 0 aromatic rings. The molecule has 6 fully saturated rings. The zero-order chi connectivity index (χ0) is 57.4. The fourth-order valence-corrected chi connectivity index (χ4v) is 15.6. The molecular formula is C61H91NO17. The number of nitrogens with one attached hydrogen (secondary N) is 1. The van der Waals surface area contributed by atoms with Gasteiger partial charge in [-0.2, -0.15) is 0 Å². The predicted molar refractivity (Wildman–Crippen MR) is 288 cm³/mol. The lowest BCUT2D eigenvalue weighted by atomic mass is 9.49. The third-order valence-electron chi connectivity index (χ3n) is 19.6. The summed E-state index contributed by atoms with van der Waals surface area (Å²) < 4.78 is 58.1. The summed E-state index contributed by atoms with van der Waals surface area (Å²) in [6.07, 6.45) is 5.22. The number of carbonyl (C=O) groups is 3. The molecule has 9 aliphatic rings. The van der Waals surface area contributed by atoms with E-state index in [1.54, 1.807) is 27.7 Å². The minimum absolute atomic E-state index is 0.00252. The highest BCUT2D eigenvalue weighted by Gasteiger charge is 2.63. The van der Waals surface area contributed by atoms with Gasteiger partial charge < -0.3 is 73.5 Å². The van der Waals surface area contributed by atoms with Crippen LogP contribution in [0.25, 0.3) is 0 Å². The summed E-state index contributed by atoms with van der Waals surface area (Å²) in [5, 5.41) is 59.5. The van der Waals surface area contributed by atoms with Gasteiger partial charge in [0.25, 0.3) is 0 Å². The van der Waals surface area contributed by atoms with Crippen LogP contribution in [-0.2, 0) is 57.0 Å². The van der Waals surface area contributed by atoms with E-state index in [-0.39, 0.29) is 90.6 Å². The maximum atomic E-state index is 15.5. The van der Waals surface area contributed by atoms with Gasteiger partial charge in [0.15, 0.2) is 30.8 Å². The molecule has 5 saturated heterocycles. The van der Waals surface area contributed by atoms with Crippen LogP contribution >= 0.6 is 0 Å². The summed E-state index contributed by atoms with van der Waals surface area (Å²) in [4.78, 5) is 42.4. The smallest absolute Gasteiger partial charge is 0.346 e. The summed E-state index contributed by atoms with van der Waals surface area (Å²) in [7, 11) is 0. The number of hydrogen-bond acceptors (Lipinski definition) is 17. The zero-order valence-corrected chi connectivity index (χ0v) is 48.6. The van der Waals surface area contributed by atoms with Gasteiger partial charge in [0, 0.05) is 68.1 Å². The fraction of sp³-hybridized carbons (Fsp3) is 0.787. The molecule has 5 heterocycles. The van der Waals surface area contributed by atoms with Crippen molar-refractivity contribution in [3.63, 3.8) is 0 Å². The van der Waals surface area contributed by atoms with E-state index in [9.17, 15) is 35.1 Å². The Labute approximate surface area is 466 Å². The van der Waals surface area contributed by atoms with Gasteiger partial charge in [-0.1, -0.05) is 76.6 Å². The van der Waals surface area contributed by atoms with E-state index in [4.69, 9.17) is 42.6 Å². The van der Waals surface area contributed by atoms with E-state index >= 15 is 4.79 Å². The molecule has 6 N–H and O–H groups in total. The second-order valence-corrected chi connectivity index (χ2v) is 25.7. The van der Waals surface area contributed by atoms with Gasteiger partial charge in [-0.15, -0.1) is 0 Å². The Balaban J connectivity index is 0.978. The van der Waals surface area contributed by atoms with Crippen LogP contribution in [0.3, 0.4) is 0 Å². The van der Waals surface area contributed by atoms with Crippen molar-refractivity contribution in [1.29, 1.82) is 0 Å². The number of esters is 1. The molecule has 1 spiro atoms. The van der Waals surface area contributed by atoms with E-state index in [0.29, 0.717) is 19.3 Å². The highest BCUT2D eigenvalue weighted by Crippen LogP contribution is 2.61. The molecule has 9 rings (SSSR count). The van der Waals surface area contributed by atoms with Crippen molar-refractivity contribution in [1.82, 2.24) is 5.32 Å². The van der Waals surface area contributed by atoms with Crippen molar-refractivity contribution in [3.8, 4) is 0 Å². The number of rotatable bonds is 10. The Morgan fingerprint density at radius 3 is 2.04 bits per heavy atom. The Morgan fingerprint density at radius 2 is 1.38 bits per heavy atom. The van der Waals surface area contributed by atoms with Crippen molar-refractivity contribution in [2.24, 2.45) is 52.8 Å². The molecule has 0 unspecified atom stereocenters. The van der Waals surface area contributed by atoms with Crippen LogP contribution in [0, 0.1) is 52.8 Å². The highest BCUT2D eigenvalue weighted by atomic mass is 16.7. The molecular weight excluding hydrogens is 1020 g/mol. The number of ketones is 1. The molecule has 18 heteroatoms. The minimum Gasteiger partial charge on any atom is -0.511 e. The first-order valence-electron chi connectivity index (χ1n) is 29.4. The molecule has 27 atom stereocenters. The number of amides is 1. The van der Waals surface area contributed by atoms with Crippen LogP contribution in [0.2, 0.25) is 0 Å². The largest absolute Gasteiger partial charge is 0.511 e. The Bertz CT molecular complexity index is 2390. The highest BCUT2D eigenvalue weighted by molar-refractivity contribution is 6.26. The van der Waals surface area contributed by atoms with Crippen LogP contribution in [0.5, 0.6) is 0 Å². The van der Waals surface area contributed by atoms with E-state index in [0.717, 1.165) is 17.6 Å². The lowest BCUT2D eigenvalue weighted by Crippen LogP contribution is -2.62. The number of aliphatic hydroxyl groups excluding tert-OH is 4. The standard InChI is InChI=1S/C61H91NO17/c1-14-38-15-16-39-23-32(6)52(78-48-27-59(12,70)55(36(10)74-48)62-37(11)63)30(4)21-28(2)41-18-17-40-50(60(41,13)56(67)49-57(68)61(39,26-38)79-58(49)69)29(3)22-31(5)53(40)76-45-20-19-44(33(7)71-45)75-46-25-43(65)54(35(9)73-46)77-47-24-42(64)51(66)34(8)72-47/h15-18,21,23,29-31,33-36,38-48,50-55,64-67,70H,14,19-20,22,24-27H2,1-13H3,(H,62,63)/b28-21-,32-23-,56-49-/t29-,30+,31-,33-,34-,35-,36-,38+,39-,40-,41-,42-,43+,44+,45-,46+,47+,48+,50-,51+,52+,53-,54+,55+,59+,60-,61+/m0/s1. The number of Topliss-reactive ketones (excluding diaryl/α,β-unsaturated/α-hetero) is 1. The maximum absolute atomic E-state index is 15.5. The molecule has 0 radical (unpaired) electrons. The van der Waals surface area contributed by atoms with E-state index < -0.39 is 126 Å². The Kier molecular flexibility index (Phi) is 17.8. The molecule has 5 aliphatic heterocycles. The van der Waals surface area contributed by atoms with Gasteiger partial charge in [0.2, 0.25) is 11.7 Å². The second kappa shape index (κ2) is 23.4.